The zero-order valence-electron chi connectivity index (χ0n) is 21.4. The molecule has 3 aliphatic rings. The fourth-order valence-electron chi connectivity index (χ4n) is 5.04. The van der Waals surface area contributed by atoms with E-state index < -0.39 is 58.3 Å². The molecule has 6 N–H and O–H groups in total. The maximum atomic E-state index is 14.8. The van der Waals surface area contributed by atoms with Crippen LogP contribution in [0.5, 0.6) is 5.75 Å². The second kappa shape index (κ2) is 9.87. The van der Waals surface area contributed by atoms with Crippen molar-refractivity contribution in [3.8, 4) is 5.75 Å². The zero-order valence-corrected chi connectivity index (χ0v) is 21.4. The van der Waals surface area contributed by atoms with Crippen LogP contribution >= 0.6 is 0 Å². The largest absolute Gasteiger partial charge is 0.435 e. The molecule has 2 aromatic carbocycles. The highest BCUT2D eigenvalue weighted by molar-refractivity contribution is 6.40. The van der Waals surface area contributed by atoms with Crippen molar-refractivity contribution < 1.29 is 53.8 Å². The van der Waals surface area contributed by atoms with Crippen LogP contribution in [-0.2, 0) is 33.4 Å². The van der Waals surface area contributed by atoms with Crippen molar-refractivity contribution in [1.29, 1.82) is 0 Å². The smallest absolute Gasteiger partial charge is 0.354 e. The van der Waals surface area contributed by atoms with Gasteiger partial charge in [0.15, 0.2) is 5.50 Å². The van der Waals surface area contributed by atoms with Gasteiger partial charge >= 0.3 is 5.97 Å². The number of halogens is 1. The Labute approximate surface area is 234 Å². The van der Waals surface area contributed by atoms with Crippen molar-refractivity contribution in [2.75, 3.05) is 26.3 Å². The second-order valence-electron chi connectivity index (χ2n) is 10.1. The predicted octanol–water partition coefficient (Wildman–Crippen LogP) is -3.15. The van der Waals surface area contributed by atoms with E-state index in [1.807, 2.05) is 4.90 Å². The third-order valence-corrected chi connectivity index (χ3v) is 7.48. The summed E-state index contributed by atoms with van der Waals surface area (Å²) in [6.07, 6.45) is 0. The van der Waals surface area contributed by atoms with Crippen LogP contribution in [0.1, 0.15) is 27.0 Å². The van der Waals surface area contributed by atoms with Crippen molar-refractivity contribution in [3.63, 3.8) is 0 Å². The summed E-state index contributed by atoms with van der Waals surface area (Å²) in [6.45, 7) is 1.97. The molecule has 0 spiro atoms. The van der Waals surface area contributed by atoms with E-state index in [0.29, 0.717) is 43.3 Å². The summed E-state index contributed by atoms with van der Waals surface area (Å²) in [5.74, 6) is -12.8. The minimum Gasteiger partial charge on any atom is -0.435 e. The Morgan fingerprint density at radius 3 is 2.41 bits per heavy atom. The summed E-state index contributed by atoms with van der Waals surface area (Å²) >= 11 is 0. The number of imide groups is 1. The topological polar surface area (TPSA) is 189 Å². The van der Waals surface area contributed by atoms with Gasteiger partial charge in [-0.25, -0.2) is 4.39 Å². The molecule has 0 saturated carbocycles. The van der Waals surface area contributed by atoms with Gasteiger partial charge in [0.1, 0.15) is 32.7 Å². The molecule has 3 amide bonds. The van der Waals surface area contributed by atoms with Crippen molar-refractivity contribution in [2.24, 2.45) is 0 Å². The van der Waals surface area contributed by atoms with E-state index in [0.717, 1.165) is 6.07 Å². The predicted molar refractivity (Wildman–Crippen MR) is 135 cm³/mol. The number of aliphatic hydroxyl groups is 5. The minimum atomic E-state index is -3.88. The van der Waals surface area contributed by atoms with Crippen LogP contribution in [0.4, 0.5) is 4.39 Å². The van der Waals surface area contributed by atoms with Gasteiger partial charge in [-0.2, -0.15) is 0 Å². The van der Waals surface area contributed by atoms with E-state index in [1.165, 1.54) is 30.3 Å². The summed E-state index contributed by atoms with van der Waals surface area (Å²) in [7, 11) is 11.3. The lowest BCUT2D eigenvalue weighted by Gasteiger charge is -2.54. The Balaban J connectivity index is 1.45. The van der Waals surface area contributed by atoms with E-state index in [4.69, 9.17) is 25.2 Å². The monoisotopic (exact) mass is 567 g/mol. The highest BCUT2D eigenvalue weighted by atomic mass is 19.1. The van der Waals surface area contributed by atoms with E-state index in [2.05, 4.69) is 0 Å². The van der Waals surface area contributed by atoms with Gasteiger partial charge in [-0.15, -0.1) is 0 Å². The number of morpholine rings is 1. The van der Waals surface area contributed by atoms with Crippen LogP contribution in [0.25, 0.3) is 0 Å². The Morgan fingerprint density at radius 1 is 1.05 bits per heavy atom. The minimum absolute atomic E-state index is 0.110. The van der Waals surface area contributed by atoms with E-state index in [-0.39, 0.29) is 16.9 Å². The number of nitrogens with zero attached hydrogens (tertiary/aromatic N) is 2. The summed E-state index contributed by atoms with van der Waals surface area (Å²) in [4.78, 5) is 40.4. The van der Waals surface area contributed by atoms with Crippen molar-refractivity contribution in [2.45, 2.75) is 35.8 Å². The molecule has 2 aromatic rings. The number of ether oxygens (including phenoxy) is 2. The van der Waals surface area contributed by atoms with Gasteiger partial charge in [0.2, 0.25) is 11.7 Å². The van der Waals surface area contributed by atoms with Gasteiger partial charge in [-0.1, -0.05) is 12.1 Å². The van der Waals surface area contributed by atoms with Crippen LogP contribution < -0.4 is 10.1 Å². The number of piperidine rings is 1. The molecule has 3 aliphatic heterocycles. The van der Waals surface area contributed by atoms with Crippen molar-refractivity contribution in [3.05, 3.63) is 64.5 Å². The van der Waals surface area contributed by atoms with Gasteiger partial charge in [-0.3, -0.25) is 24.6 Å². The van der Waals surface area contributed by atoms with Gasteiger partial charge in [0, 0.05) is 30.8 Å². The molecule has 4 radical (unpaired) electrons. The number of amides is 3. The van der Waals surface area contributed by atoms with Crippen LogP contribution in [0.3, 0.4) is 0 Å². The second-order valence-corrected chi connectivity index (χ2v) is 10.1. The number of carbonyl (C=O) groups is 3. The molecule has 2 atom stereocenters. The molecular formula is C25H24B2FN3O10. The molecule has 5 rings (SSSR count). The Morgan fingerprint density at radius 2 is 1.73 bits per heavy atom. The first-order chi connectivity index (χ1) is 19.1. The molecule has 0 aliphatic carbocycles. The summed E-state index contributed by atoms with van der Waals surface area (Å²) in [5.41, 5.74) is -7.11. The third-order valence-electron chi connectivity index (χ3n) is 7.48. The van der Waals surface area contributed by atoms with Crippen LogP contribution in [0.15, 0.2) is 36.4 Å². The van der Waals surface area contributed by atoms with Crippen molar-refractivity contribution in [1.82, 2.24) is 15.1 Å². The van der Waals surface area contributed by atoms with Gasteiger partial charge < -0.3 is 39.9 Å². The average molecular weight is 567 g/mol. The number of fused-ring (bicyclic) bond motifs is 1. The van der Waals surface area contributed by atoms with E-state index >= 15 is 0 Å². The fourth-order valence-corrected chi connectivity index (χ4v) is 5.04. The fraction of sp³-hybridized carbons (Fsp3) is 0.400. The molecule has 0 aromatic heterocycles. The molecule has 3 heterocycles. The molecule has 2 saturated heterocycles. The molecule has 2 fully saturated rings. The number of hydrogen-bond acceptors (Lipinski definition) is 11. The third kappa shape index (κ3) is 4.52. The lowest BCUT2D eigenvalue weighted by atomic mass is 9.55. The van der Waals surface area contributed by atoms with Gasteiger partial charge in [0.05, 0.1) is 25.3 Å². The molecule has 2 unspecified atom stereocenters. The summed E-state index contributed by atoms with van der Waals surface area (Å²) in [6, 6.07) is 7.48. The molecule has 41 heavy (non-hydrogen) atoms. The maximum absolute atomic E-state index is 14.8. The highest BCUT2D eigenvalue weighted by Gasteiger charge is 2.70. The summed E-state index contributed by atoms with van der Waals surface area (Å²) < 4.78 is 25.5. The normalized spacial score (nSPS) is 26.6. The van der Waals surface area contributed by atoms with E-state index in [9.17, 15) is 44.3 Å². The Bertz CT molecular complexity index is 1430. The summed E-state index contributed by atoms with van der Waals surface area (Å²) in [5, 5.41) is 54.7. The van der Waals surface area contributed by atoms with Crippen LogP contribution in [0, 0.1) is 5.82 Å². The molecule has 13 nitrogen and oxygen atoms in total. The van der Waals surface area contributed by atoms with Crippen LogP contribution in [0.2, 0.25) is 0 Å². The Hall–Kier alpha value is -3.37. The zero-order chi connectivity index (χ0) is 30.0. The lowest BCUT2D eigenvalue weighted by molar-refractivity contribution is -0.306. The SMILES string of the molecule is [B]C1(O)C(=O)NC(=O)C([B])(N2Cc3c(OC(O)(O)c4cc(CN5CCOCC5)ccc4F)cccc3C2=O)C1(O)O. The number of benzene rings is 2. The average Bonchev–Trinajstić information content (AvgIpc) is 3.26. The first-order valence-electron chi connectivity index (χ1n) is 12.4. The van der Waals surface area contributed by atoms with Crippen LogP contribution in [-0.4, -0.2) is 112 Å². The molecular weight excluding hydrogens is 543 g/mol. The molecule has 0 bridgehead atoms. The van der Waals surface area contributed by atoms with E-state index in [1.54, 1.807) is 5.32 Å². The highest BCUT2D eigenvalue weighted by Crippen LogP contribution is 2.43. The maximum Gasteiger partial charge on any atom is 0.354 e. The lowest BCUT2D eigenvalue weighted by Crippen LogP contribution is -2.86. The van der Waals surface area contributed by atoms with Gasteiger partial charge in [-0.05, 0) is 29.8 Å². The first-order valence-corrected chi connectivity index (χ1v) is 12.4. The van der Waals surface area contributed by atoms with Gasteiger partial charge in [0.25, 0.3) is 11.8 Å². The molecule has 16 heteroatoms. The quantitative estimate of drug-likeness (QED) is 0.118. The number of nitrogens with one attached hydrogen (secondary N) is 1. The number of carbonyl (C=O) groups excluding carboxylic acids is 3. The standard InChI is InChI=1S/C25H24B2FN3O10/c26-22(20(33)29-21(34)23(27,35)25(22,38)39)31-12-15-14(19(31)32)2-1-3-18(15)41-24(36,37)16-10-13(4-5-17(16)28)11-30-6-8-40-9-7-30/h1-5,10,35-39H,6-9,11-12H2,(H,29,33,34). The number of hydrogen-bond donors (Lipinski definition) is 6. The van der Waals surface area contributed by atoms with Crippen molar-refractivity contribution >= 4 is 33.4 Å². The Kier molecular flexibility index (Phi) is 7.02. The first kappa shape index (κ1) is 29.1. The molecule has 212 valence electrons. The number of rotatable bonds is 6.